The van der Waals surface area contributed by atoms with Gasteiger partial charge in [-0.25, -0.2) is 9.67 Å². The molecule has 1 unspecified atom stereocenters. The van der Waals surface area contributed by atoms with Gasteiger partial charge in [0.25, 0.3) is 0 Å². The minimum Gasteiger partial charge on any atom is -0.394 e. The van der Waals surface area contributed by atoms with Gasteiger partial charge in [-0.15, -0.1) is 12.4 Å². The lowest BCUT2D eigenvalue weighted by Gasteiger charge is -2.09. The van der Waals surface area contributed by atoms with Gasteiger partial charge in [0.05, 0.1) is 24.0 Å². The average molecular weight is 348 g/mol. The lowest BCUT2D eigenvalue weighted by molar-refractivity contribution is -0.118. The molecule has 126 valence electrons. The third kappa shape index (κ3) is 3.53. The first-order valence-corrected chi connectivity index (χ1v) is 7.16. The van der Waals surface area contributed by atoms with Crippen LogP contribution in [0.25, 0.3) is 16.6 Å². The van der Waals surface area contributed by atoms with E-state index in [2.05, 4.69) is 15.4 Å². The predicted molar refractivity (Wildman–Crippen MR) is 94.5 cm³/mol. The number of fused-ring (bicyclic) bond motifs is 1. The maximum absolute atomic E-state index is 11.8. The number of benzene rings is 1. The molecule has 1 aromatic carbocycles. The monoisotopic (exact) mass is 347 g/mol. The number of aromatic nitrogens is 3. The Morgan fingerprint density at radius 3 is 2.88 bits per heavy atom. The first-order chi connectivity index (χ1) is 11.1. The highest BCUT2D eigenvalue weighted by Crippen LogP contribution is 2.20. The van der Waals surface area contributed by atoms with Crippen LogP contribution in [-0.4, -0.2) is 38.4 Å². The highest BCUT2D eigenvalue weighted by molar-refractivity contribution is 5.95. The Balaban J connectivity index is 0.00000208. The summed E-state index contributed by atoms with van der Waals surface area (Å²) in [6, 6.07) is 8.70. The predicted octanol–water partition coefficient (Wildman–Crippen LogP) is 1.41. The fourth-order valence-electron chi connectivity index (χ4n) is 2.26. The van der Waals surface area contributed by atoms with Gasteiger partial charge >= 0.3 is 0 Å². The number of anilines is 1. The van der Waals surface area contributed by atoms with Crippen molar-refractivity contribution in [3.63, 3.8) is 0 Å². The van der Waals surface area contributed by atoms with Crippen molar-refractivity contribution < 1.29 is 9.90 Å². The fraction of sp³-hybridized carbons (Fsp3) is 0.188. The van der Waals surface area contributed by atoms with Crippen LogP contribution in [0.15, 0.2) is 42.7 Å². The van der Waals surface area contributed by atoms with Gasteiger partial charge in [-0.1, -0.05) is 12.1 Å². The zero-order chi connectivity index (χ0) is 16.4. The summed E-state index contributed by atoms with van der Waals surface area (Å²) in [5, 5.41) is 16.7. The molecule has 3 aromatic rings. The summed E-state index contributed by atoms with van der Waals surface area (Å²) < 4.78 is 1.78. The summed E-state index contributed by atoms with van der Waals surface area (Å²) in [4.78, 5) is 15.9. The summed E-state index contributed by atoms with van der Waals surface area (Å²) >= 11 is 0. The molecular formula is C16H18ClN5O2. The largest absolute Gasteiger partial charge is 0.394 e. The number of hydrogen-bond acceptors (Lipinski definition) is 5. The van der Waals surface area contributed by atoms with Crippen molar-refractivity contribution in [3.8, 4) is 5.69 Å². The summed E-state index contributed by atoms with van der Waals surface area (Å²) in [6.07, 6.45) is 3.35. The smallest absolute Gasteiger partial charge is 0.244 e. The number of nitrogens with zero attached hydrogens (tertiary/aromatic N) is 3. The number of aliphatic hydroxyl groups is 1. The van der Waals surface area contributed by atoms with Crippen LogP contribution in [0.4, 0.5) is 5.82 Å². The van der Waals surface area contributed by atoms with E-state index in [-0.39, 0.29) is 12.4 Å². The van der Waals surface area contributed by atoms with E-state index in [1.807, 2.05) is 31.2 Å². The highest BCUT2D eigenvalue weighted by atomic mass is 35.5. The molecular weight excluding hydrogens is 330 g/mol. The molecule has 7 nitrogen and oxygen atoms in total. The number of nitrogens with two attached hydrogens (primary N) is 1. The molecule has 1 amide bonds. The zero-order valence-corrected chi connectivity index (χ0v) is 13.8. The maximum Gasteiger partial charge on any atom is 0.244 e. The molecule has 0 radical (unpaired) electrons. The van der Waals surface area contributed by atoms with Crippen molar-refractivity contribution in [3.05, 3.63) is 48.3 Å². The quantitative estimate of drug-likeness (QED) is 0.661. The molecule has 0 saturated heterocycles. The second-order valence-corrected chi connectivity index (χ2v) is 5.30. The lowest BCUT2D eigenvalue weighted by Crippen LogP contribution is -2.38. The molecule has 24 heavy (non-hydrogen) atoms. The van der Waals surface area contributed by atoms with Crippen LogP contribution >= 0.6 is 12.4 Å². The number of halogens is 1. The first kappa shape index (κ1) is 17.9. The van der Waals surface area contributed by atoms with E-state index in [9.17, 15) is 4.79 Å². The van der Waals surface area contributed by atoms with E-state index < -0.39 is 18.6 Å². The Labute approximate surface area is 144 Å². The number of carbonyl (C=O) groups excluding carboxylic acids is 1. The molecule has 0 bridgehead atoms. The molecule has 0 spiro atoms. The molecule has 3 rings (SSSR count). The molecule has 0 aliphatic carbocycles. The minimum atomic E-state index is -0.978. The van der Waals surface area contributed by atoms with Crippen molar-refractivity contribution in [1.82, 2.24) is 14.8 Å². The van der Waals surface area contributed by atoms with E-state index in [0.29, 0.717) is 5.82 Å². The van der Waals surface area contributed by atoms with Gasteiger partial charge in [0, 0.05) is 17.6 Å². The number of hydrogen-bond donors (Lipinski definition) is 3. The molecule has 0 fully saturated rings. The average Bonchev–Trinajstić information content (AvgIpc) is 2.97. The van der Waals surface area contributed by atoms with Crippen molar-refractivity contribution in [2.24, 2.45) is 5.73 Å². The number of pyridine rings is 1. The van der Waals surface area contributed by atoms with Crippen molar-refractivity contribution in [1.29, 1.82) is 0 Å². The molecule has 1 atom stereocenters. The fourth-order valence-corrected chi connectivity index (χ4v) is 2.26. The third-order valence-electron chi connectivity index (χ3n) is 3.48. The number of rotatable bonds is 4. The molecule has 2 aromatic heterocycles. The zero-order valence-electron chi connectivity index (χ0n) is 13.0. The Hall–Kier alpha value is -2.48. The van der Waals surface area contributed by atoms with Crippen molar-refractivity contribution >= 4 is 35.0 Å². The van der Waals surface area contributed by atoms with Crippen molar-refractivity contribution in [2.75, 3.05) is 11.9 Å². The third-order valence-corrected chi connectivity index (χ3v) is 3.48. The molecule has 0 aliphatic rings. The van der Waals surface area contributed by atoms with Crippen LogP contribution in [0, 0.1) is 6.92 Å². The normalized spacial score (nSPS) is 11.8. The van der Waals surface area contributed by atoms with Crippen LogP contribution in [0.2, 0.25) is 0 Å². The topological polar surface area (TPSA) is 106 Å². The summed E-state index contributed by atoms with van der Waals surface area (Å²) in [6.45, 7) is 1.59. The number of amides is 1. The van der Waals surface area contributed by atoms with E-state index in [1.54, 1.807) is 23.1 Å². The SMILES string of the molecule is Cc1cccc(-n2ncc3cnc(NC(=O)C(N)CO)cc32)c1.Cl. The van der Waals surface area contributed by atoms with Crippen LogP contribution in [-0.2, 0) is 4.79 Å². The first-order valence-electron chi connectivity index (χ1n) is 7.16. The van der Waals surface area contributed by atoms with Crippen LogP contribution in [0.5, 0.6) is 0 Å². The molecule has 8 heteroatoms. The minimum absolute atomic E-state index is 0. The standard InChI is InChI=1S/C16H17N5O2.ClH/c1-10-3-2-4-12(5-10)21-14-6-15(18-7-11(14)8-19-21)20-16(23)13(17)9-22;/h2-8,13,22H,9,17H2,1H3,(H,18,20,23);1H. The van der Waals surface area contributed by atoms with Gasteiger partial charge < -0.3 is 16.2 Å². The molecule has 0 aliphatic heterocycles. The van der Waals surface area contributed by atoms with Gasteiger partial charge in [0.1, 0.15) is 11.9 Å². The highest BCUT2D eigenvalue weighted by Gasteiger charge is 2.14. The van der Waals surface area contributed by atoms with Gasteiger partial charge in [-0.05, 0) is 24.6 Å². The second-order valence-electron chi connectivity index (χ2n) is 5.30. The maximum atomic E-state index is 11.8. The van der Waals surface area contributed by atoms with Gasteiger partial charge in [0.2, 0.25) is 5.91 Å². The number of carbonyl (C=O) groups is 1. The van der Waals surface area contributed by atoms with Gasteiger partial charge in [0.15, 0.2) is 0 Å². The Morgan fingerprint density at radius 1 is 1.38 bits per heavy atom. The lowest BCUT2D eigenvalue weighted by atomic mass is 10.2. The Morgan fingerprint density at radius 2 is 2.17 bits per heavy atom. The molecule has 0 saturated carbocycles. The number of aryl methyl sites for hydroxylation is 1. The summed E-state index contributed by atoms with van der Waals surface area (Å²) in [5.74, 6) is -0.123. The van der Waals surface area contributed by atoms with Crippen molar-refractivity contribution in [2.45, 2.75) is 13.0 Å². The van der Waals surface area contributed by atoms with Gasteiger partial charge in [-0.3, -0.25) is 4.79 Å². The Bertz CT molecular complexity index is 865. The van der Waals surface area contributed by atoms with E-state index in [4.69, 9.17) is 10.8 Å². The summed E-state index contributed by atoms with van der Waals surface area (Å²) in [7, 11) is 0. The van der Waals surface area contributed by atoms with Crippen LogP contribution < -0.4 is 11.1 Å². The van der Waals surface area contributed by atoms with Gasteiger partial charge in [-0.2, -0.15) is 5.10 Å². The van der Waals surface area contributed by atoms with Crippen LogP contribution in [0.1, 0.15) is 5.56 Å². The van der Waals surface area contributed by atoms with E-state index in [1.165, 1.54) is 0 Å². The molecule has 2 heterocycles. The second kappa shape index (κ2) is 7.39. The Kier molecular flexibility index (Phi) is 5.50. The number of nitrogens with one attached hydrogen (secondary N) is 1. The van der Waals surface area contributed by atoms with E-state index >= 15 is 0 Å². The molecule has 4 N–H and O–H groups in total. The summed E-state index contributed by atoms with van der Waals surface area (Å²) in [5.41, 5.74) is 8.36. The van der Waals surface area contributed by atoms with Crippen LogP contribution in [0.3, 0.4) is 0 Å². The number of aliphatic hydroxyl groups excluding tert-OH is 1. The van der Waals surface area contributed by atoms with E-state index in [0.717, 1.165) is 22.2 Å².